The molecule has 8 nitrogen and oxygen atoms in total. The second kappa shape index (κ2) is 7.19. The zero-order valence-corrected chi connectivity index (χ0v) is 18.9. The summed E-state index contributed by atoms with van der Waals surface area (Å²) in [5, 5.41) is 3.34. The topological polar surface area (TPSA) is 114 Å². The fraction of sp³-hybridized carbons (Fsp3) is 0.353. The summed E-state index contributed by atoms with van der Waals surface area (Å²) in [5.74, 6) is -0.689. The van der Waals surface area contributed by atoms with E-state index in [-0.39, 0.29) is 26.6 Å². The summed E-state index contributed by atoms with van der Waals surface area (Å²) in [6.45, 7) is 5.38. The van der Waals surface area contributed by atoms with Crippen LogP contribution >= 0.6 is 23.2 Å². The first kappa shape index (κ1) is 21.9. The molecule has 2 heterocycles. The summed E-state index contributed by atoms with van der Waals surface area (Å²) >= 11 is 12.0. The van der Waals surface area contributed by atoms with Crippen molar-refractivity contribution in [2.24, 2.45) is 5.10 Å². The van der Waals surface area contributed by atoms with Gasteiger partial charge in [-0.2, -0.15) is 0 Å². The Balaban J connectivity index is 2.24. The Kier molecular flexibility index (Phi) is 5.44. The highest BCUT2D eigenvalue weighted by molar-refractivity contribution is 8.29. The SMILES string of the molecule is CC(=O)N1N=C(S(=O)(=O)C(C)(C)C)S(=O)C1c1coc2c(Cl)cc(Cl)cc2c1=O. The van der Waals surface area contributed by atoms with Crippen LogP contribution in [-0.2, 0) is 25.4 Å². The van der Waals surface area contributed by atoms with E-state index in [0.29, 0.717) is 0 Å². The molecule has 2 aromatic rings. The van der Waals surface area contributed by atoms with Gasteiger partial charge in [0.2, 0.25) is 20.1 Å². The standard InChI is InChI=1S/C17H16Cl2N2O6S2/c1-8(22)21-15(28(24)16(20-21)29(25,26)17(2,3)4)11-7-27-14-10(13(11)23)5-9(18)6-12(14)19/h5-7,15H,1-4H3. The van der Waals surface area contributed by atoms with Gasteiger partial charge in [0, 0.05) is 11.9 Å². The third kappa shape index (κ3) is 3.52. The number of carbonyl (C=O) groups excluding carboxylic acids is 1. The number of halogens is 2. The predicted molar refractivity (Wildman–Crippen MR) is 112 cm³/mol. The summed E-state index contributed by atoms with van der Waals surface area (Å²) in [6, 6.07) is 2.71. The van der Waals surface area contributed by atoms with Crippen LogP contribution in [0.25, 0.3) is 11.0 Å². The Hall–Kier alpha value is -1.75. The Morgan fingerprint density at radius 1 is 1.28 bits per heavy atom. The molecule has 2 atom stereocenters. The molecule has 0 saturated heterocycles. The average Bonchev–Trinajstić information content (AvgIpc) is 2.93. The molecular weight excluding hydrogens is 463 g/mol. The van der Waals surface area contributed by atoms with E-state index in [1.165, 1.54) is 32.9 Å². The average molecular weight is 479 g/mol. The molecule has 2 unspecified atom stereocenters. The van der Waals surface area contributed by atoms with E-state index in [1.54, 1.807) is 0 Å². The molecule has 1 aromatic heterocycles. The lowest BCUT2D eigenvalue weighted by Crippen LogP contribution is -2.36. The van der Waals surface area contributed by atoms with Gasteiger partial charge in [0.25, 0.3) is 0 Å². The molecule has 1 aliphatic rings. The maximum absolute atomic E-state index is 13.1. The highest BCUT2D eigenvalue weighted by Gasteiger charge is 2.48. The summed E-state index contributed by atoms with van der Waals surface area (Å²) < 4.78 is 42.1. The van der Waals surface area contributed by atoms with Crippen LogP contribution in [0, 0.1) is 0 Å². The molecule has 0 N–H and O–H groups in total. The van der Waals surface area contributed by atoms with Crippen LogP contribution in [0.1, 0.15) is 38.6 Å². The van der Waals surface area contributed by atoms with Gasteiger partial charge in [0.15, 0.2) is 16.4 Å². The van der Waals surface area contributed by atoms with E-state index < -0.39 is 46.5 Å². The molecule has 29 heavy (non-hydrogen) atoms. The molecular formula is C17H16Cl2N2O6S2. The number of amides is 1. The first-order valence-corrected chi connectivity index (χ1v) is 11.7. The van der Waals surface area contributed by atoms with Gasteiger partial charge in [0.1, 0.15) is 17.1 Å². The zero-order chi connectivity index (χ0) is 21.9. The van der Waals surface area contributed by atoms with Gasteiger partial charge in [-0.3, -0.25) is 9.59 Å². The van der Waals surface area contributed by atoms with Crippen molar-refractivity contribution >= 4 is 65.1 Å². The lowest BCUT2D eigenvalue weighted by atomic mass is 10.1. The molecule has 1 aliphatic heterocycles. The second-order valence-corrected chi connectivity index (χ2v) is 12.4. The van der Waals surface area contributed by atoms with Gasteiger partial charge in [-0.05, 0) is 32.9 Å². The first-order valence-electron chi connectivity index (χ1n) is 8.21. The van der Waals surface area contributed by atoms with E-state index in [9.17, 15) is 22.2 Å². The van der Waals surface area contributed by atoms with Gasteiger partial charge < -0.3 is 4.42 Å². The van der Waals surface area contributed by atoms with E-state index in [4.69, 9.17) is 27.6 Å². The van der Waals surface area contributed by atoms with Gasteiger partial charge in [-0.1, -0.05) is 23.2 Å². The second-order valence-electron chi connectivity index (χ2n) is 7.28. The molecule has 1 aromatic carbocycles. The van der Waals surface area contributed by atoms with Crippen molar-refractivity contribution in [2.45, 2.75) is 37.8 Å². The Bertz CT molecular complexity index is 1260. The summed E-state index contributed by atoms with van der Waals surface area (Å²) in [7, 11) is -6.46. The summed E-state index contributed by atoms with van der Waals surface area (Å²) in [6.07, 6.45) is 1.01. The van der Waals surface area contributed by atoms with Crippen molar-refractivity contribution in [1.82, 2.24) is 5.01 Å². The maximum atomic E-state index is 13.1. The van der Waals surface area contributed by atoms with Gasteiger partial charge in [-0.25, -0.2) is 17.6 Å². The fourth-order valence-corrected chi connectivity index (χ4v) is 6.90. The zero-order valence-electron chi connectivity index (χ0n) is 15.7. The Labute approximate surface area is 178 Å². The third-order valence-corrected chi connectivity index (χ3v) is 9.32. The normalized spacial score (nSPS) is 20.2. The molecule has 0 aliphatic carbocycles. The minimum atomic E-state index is -4.12. The van der Waals surface area contributed by atoms with Crippen LogP contribution < -0.4 is 5.43 Å². The van der Waals surface area contributed by atoms with Crippen LogP contribution in [0.3, 0.4) is 0 Å². The van der Waals surface area contributed by atoms with E-state index in [1.807, 2.05) is 0 Å². The molecule has 1 amide bonds. The molecule has 0 saturated carbocycles. The number of hydrazone groups is 1. The largest absolute Gasteiger partial charge is 0.462 e. The van der Waals surface area contributed by atoms with Crippen LogP contribution in [0.4, 0.5) is 0 Å². The monoisotopic (exact) mass is 478 g/mol. The molecule has 156 valence electrons. The summed E-state index contributed by atoms with van der Waals surface area (Å²) in [5.41, 5.74) is -0.788. The minimum absolute atomic E-state index is 0.00707. The van der Waals surface area contributed by atoms with Crippen molar-refractivity contribution < 1.29 is 21.8 Å². The summed E-state index contributed by atoms with van der Waals surface area (Å²) in [4.78, 5) is 25.1. The van der Waals surface area contributed by atoms with Crippen molar-refractivity contribution in [1.29, 1.82) is 0 Å². The van der Waals surface area contributed by atoms with E-state index in [2.05, 4.69) is 5.10 Å². The van der Waals surface area contributed by atoms with E-state index in [0.717, 1.165) is 18.2 Å². The maximum Gasteiger partial charge on any atom is 0.242 e. The fourth-order valence-electron chi connectivity index (χ4n) is 2.62. The van der Waals surface area contributed by atoms with Gasteiger partial charge >= 0.3 is 0 Å². The van der Waals surface area contributed by atoms with E-state index >= 15 is 0 Å². The van der Waals surface area contributed by atoms with Gasteiger partial charge in [-0.15, -0.1) is 5.10 Å². The van der Waals surface area contributed by atoms with Crippen LogP contribution in [0.2, 0.25) is 10.0 Å². The van der Waals surface area contributed by atoms with Gasteiger partial charge in [0.05, 0.1) is 20.7 Å². The number of nitrogens with zero attached hydrogens (tertiary/aromatic N) is 2. The third-order valence-electron chi connectivity index (χ3n) is 4.23. The number of carbonyl (C=O) groups is 1. The van der Waals surface area contributed by atoms with Crippen molar-refractivity contribution in [3.63, 3.8) is 0 Å². The lowest BCUT2D eigenvalue weighted by Gasteiger charge is -2.19. The van der Waals surface area contributed by atoms with Crippen LogP contribution in [0.5, 0.6) is 0 Å². The van der Waals surface area contributed by atoms with Crippen molar-refractivity contribution in [3.8, 4) is 0 Å². The van der Waals surface area contributed by atoms with Crippen LogP contribution in [-0.4, -0.2) is 32.7 Å². The number of sulfone groups is 1. The van der Waals surface area contributed by atoms with Crippen molar-refractivity contribution in [3.05, 3.63) is 44.2 Å². The van der Waals surface area contributed by atoms with Crippen LogP contribution in [0.15, 0.2) is 32.7 Å². The predicted octanol–water partition coefficient (Wildman–Crippen LogP) is 3.19. The Morgan fingerprint density at radius 2 is 1.90 bits per heavy atom. The molecule has 12 heteroatoms. The van der Waals surface area contributed by atoms with Crippen molar-refractivity contribution in [2.75, 3.05) is 0 Å². The minimum Gasteiger partial charge on any atom is -0.462 e. The number of benzene rings is 1. The number of fused-ring (bicyclic) bond motifs is 1. The molecule has 0 fully saturated rings. The molecule has 3 rings (SSSR count). The Morgan fingerprint density at radius 3 is 2.45 bits per heavy atom. The molecule has 0 radical (unpaired) electrons. The number of rotatable bonds is 1. The number of hydrogen-bond donors (Lipinski definition) is 0. The molecule has 0 bridgehead atoms. The highest BCUT2D eigenvalue weighted by Crippen LogP contribution is 2.36. The lowest BCUT2D eigenvalue weighted by molar-refractivity contribution is -0.129. The first-order chi connectivity index (χ1) is 13.3. The smallest absolute Gasteiger partial charge is 0.242 e. The highest BCUT2D eigenvalue weighted by atomic mass is 35.5. The number of hydrogen-bond acceptors (Lipinski definition) is 7. The molecule has 0 spiro atoms. The quantitative estimate of drug-likeness (QED) is 0.621.